The third-order valence-electron chi connectivity index (χ3n) is 5.26. The minimum atomic E-state index is -0.0508. The highest BCUT2D eigenvalue weighted by atomic mass is 16.5. The van der Waals surface area contributed by atoms with Crippen LogP contribution in [0.1, 0.15) is 30.3 Å². The van der Waals surface area contributed by atoms with Crippen LogP contribution in [-0.2, 0) is 11.2 Å². The van der Waals surface area contributed by atoms with Crippen LogP contribution in [0.25, 0.3) is 11.0 Å². The van der Waals surface area contributed by atoms with Crippen LogP contribution in [0.2, 0.25) is 0 Å². The van der Waals surface area contributed by atoms with Gasteiger partial charge in [-0.3, -0.25) is 4.79 Å². The molecule has 1 saturated heterocycles. The monoisotopic (exact) mass is 391 g/mol. The molecule has 1 atom stereocenters. The Hall–Kier alpha value is -3.28. The van der Waals surface area contributed by atoms with Gasteiger partial charge >= 0.3 is 0 Å². The maximum atomic E-state index is 12.9. The second-order valence-corrected chi connectivity index (χ2v) is 7.15. The Morgan fingerprint density at radius 1 is 1.31 bits per heavy atom. The zero-order valence-electron chi connectivity index (χ0n) is 16.6. The highest BCUT2D eigenvalue weighted by Crippen LogP contribution is 2.32. The second-order valence-electron chi connectivity index (χ2n) is 7.15. The lowest BCUT2D eigenvalue weighted by Crippen LogP contribution is -2.34. The van der Waals surface area contributed by atoms with E-state index < -0.39 is 0 Å². The molecule has 1 unspecified atom stereocenters. The Bertz CT molecular complexity index is 994. The number of H-pyrrole nitrogens is 1. The number of aromatic amines is 1. The number of hydrogen-bond acceptors (Lipinski definition) is 4. The lowest BCUT2D eigenvalue weighted by atomic mass is 10.1. The molecule has 0 saturated carbocycles. The molecule has 1 amide bonds. The predicted octanol–water partition coefficient (Wildman–Crippen LogP) is 4.04. The van der Waals surface area contributed by atoms with E-state index in [0.29, 0.717) is 18.0 Å². The van der Waals surface area contributed by atoms with Gasteiger partial charge in [0.05, 0.1) is 24.2 Å². The quantitative estimate of drug-likeness (QED) is 0.617. The van der Waals surface area contributed by atoms with Crippen LogP contribution in [0.5, 0.6) is 11.5 Å². The van der Waals surface area contributed by atoms with Crippen molar-refractivity contribution in [3.05, 3.63) is 66.5 Å². The van der Waals surface area contributed by atoms with E-state index in [0.717, 1.165) is 41.7 Å². The van der Waals surface area contributed by atoms with E-state index in [2.05, 4.69) is 16.5 Å². The van der Waals surface area contributed by atoms with Crippen LogP contribution in [0.3, 0.4) is 0 Å². The summed E-state index contributed by atoms with van der Waals surface area (Å²) in [7, 11) is 1.60. The number of nitrogens with zero attached hydrogens (tertiary/aromatic N) is 2. The fraction of sp³-hybridized carbons (Fsp3) is 0.304. The molecule has 2 aromatic carbocycles. The molecular formula is C23H25N3O3. The number of ether oxygens (including phenoxy) is 2. The third kappa shape index (κ3) is 3.97. The number of allylic oxidation sites excluding steroid dienone is 1. The highest BCUT2D eigenvalue weighted by molar-refractivity contribution is 5.79. The molecule has 1 aliphatic rings. The summed E-state index contributed by atoms with van der Waals surface area (Å²) in [6, 6.07) is 13.6. The van der Waals surface area contributed by atoms with Crippen molar-refractivity contribution in [2.75, 3.05) is 20.3 Å². The lowest BCUT2D eigenvalue weighted by Gasteiger charge is -2.23. The molecule has 150 valence electrons. The molecule has 0 bridgehead atoms. The van der Waals surface area contributed by atoms with E-state index in [1.54, 1.807) is 7.11 Å². The number of para-hydroxylation sites is 2. The normalized spacial score (nSPS) is 16.2. The van der Waals surface area contributed by atoms with Gasteiger partial charge < -0.3 is 19.4 Å². The van der Waals surface area contributed by atoms with Gasteiger partial charge in [-0.25, -0.2) is 4.98 Å². The standard InChI is InChI=1S/C23H25N3O3/c1-3-7-16-11-12-20(21(14-16)28-2)29-15-22(27)26-13-6-10-19(26)23-24-17-8-4-5-9-18(17)25-23/h3-5,8-9,11-12,14,19H,1,6-7,10,13,15H2,2H3,(H,24,25). The number of carbonyl (C=O) groups excluding carboxylic acids is 1. The van der Waals surface area contributed by atoms with Crippen LogP contribution in [0.4, 0.5) is 0 Å². The number of imidazole rings is 1. The molecule has 2 heterocycles. The molecule has 6 nitrogen and oxygen atoms in total. The molecule has 0 aliphatic carbocycles. The maximum absolute atomic E-state index is 12.9. The SMILES string of the molecule is C=CCc1ccc(OCC(=O)N2CCCC2c2nc3ccccc3[nH]2)c(OC)c1. The Kier molecular flexibility index (Phi) is 5.51. The number of amides is 1. The zero-order chi connectivity index (χ0) is 20.2. The molecule has 1 N–H and O–H groups in total. The summed E-state index contributed by atoms with van der Waals surface area (Å²) in [4.78, 5) is 22.8. The second kappa shape index (κ2) is 8.39. The van der Waals surface area contributed by atoms with Crippen molar-refractivity contribution in [3.63, 3.8) is 0 Å². The van der Waals surface area contributed by atoms with Gasteiger partial charge in [0.15, 0.2) is 18.1 Å². The molecule has 1 aromatic heterocycles. The van der Waals surface area contributed by atoms with Gasteiger partial charge in [-0.15, -0.1) is 6.58 Å². The summed E-state index contributed by atoms with van der Waals surface area (Å²) < 4.78 is 11.2. The first-order chi connectivity index (χ1) is 14.2. The van der Waals surface area contributed by atoms with Crippen LogP contribution in [0.15, 0.2) is 55.1 Å². The topological polar surface area (TPSA) is 67.5 Å². The van der Waals surface area contributed by atoms with Crippen LogP contribution in [-0.4, -0.2) is 41.0 Å². The number of methoxy groups -OCH3 is 1. The molecule has 29 heavy (non-hydrogen) atoms. The lowest BCUT2D eigenvalue weighted by molar-refractivity contribution is -0.134. The van der Waals surface area contributed by atoms with E-state index in [-0.39, 0.29) is 18.6 Å². The number of aromatic nitrogens is 2. The average Bonchev–Trinajstić information content (AvgIpc) is 3.39. The first kappa shape index (κ1) is 19.1. The minimum Gasteiger partial charge on any atom is -0.493 e. The van der Waals surface area contributed by atoms with Gasteiger partial charge in [0, 0.05) is 6.54 Å². The van der Waals surface area contributed by atoms with E-state index in [1.165, 1.54) is 0 Å². The van der Waals surface area contributed by atoms with E-state index in [4.69, 9.17) is 9.47 Å². The summed E-state index contributed by atoms with van der Waals surface area (Å²) in [6.07, 6.45) is 4.44. The van der Waals surface area contributed by atoms with Crippen molar-refractivity contribution in [2.45, 2.75) is 25.3 Å². The number of fused-ring (bicyclic) bond motifs is 1. The number of benzene rings is 2. The van der Waals surface area contributed by atoms with Gasteiger partial charge in [-0.2, -0.15) is 0 Å². The summed E-state index contributed by atoms with van der Waals surface area (Å²) in [6.45, 7) is 4.43. The molecule has 1 aliphatic heterocycles. The Balaban J connectivity index is 1.46. The smallest absolute Gasteiger partial charge is 0.261 e. The summed E-state index contributed by atoms with van der Waals surface area (Å²) >= 11 is 0. The summed E-state index contributed by atoms with van der Waals surface area (Å²) in [5.41, 5.74) is 2.99. The van der Waals surface area contributed by atoms with Crippen molar-refractivity contribution in [1.82, 2.24) is 14.9 Å². The zero-order valence-corrected chi connectivity index (χ0v) is 16.6. The number of hydrogen-bond donors (Lipinski definition) is 1. The van der Waals surface area contributed by atoms with Crippen molar-refractivity contribution in [3.8, 4) is 11.5 Å². The molecule has 3 aromatic rings. The van der Waals surface area contributed by atoms with Crippen molar-refractivity contribution in [1.29, 1.82) is 0 Å². The van der Waals surface area contributed by atoms with Gasteiger partial charge in [0.1, 0.15) is 5.82 Å². The van der Waals surface area contributed by atoms with E-state index >= 15 is 0 Å². The van der Waals surface area contributed by atoms with Gasteiger partial charge in [0.2, 0.25) is 0 Å². The van der Waals surface area contributed by atoms with Gasteiger partial charge in [-0.1, -0.05) is 24.3 Å². The molecule has 4 rings (SSSR count). The Labute approximate surface area is 170 Å². The number of likely N-dealkylation sites (tertiary alicyclic amines) is 1. The first-order valence-electron chi connectivity index (χ1n) is 9.84. The fourth-order valence-electron chi connectivity index (χ4n) is 3.83. The van der Waals surface area contributed by atoms with Crippen LogP contribution >= 0.6 is 0 Å². The largest absolute Gasteiger partial charge is 0.493 e. The van der Waals surface area contributed by atoms with E-state index in [1.807, 2.05) is 53.4 Å². The highest BCUT2D eigenvalue weighted by Gasteiger charge is 2.32. The molecule has 0 radical (unpaired) electrons. The Morgan fingerprint density at radius 2 is 2.17 bits per heavy atom. The van der Waals surface area contributed by atoms with Crippen molar-refractivity contribution in [2.24, 2.45) is 0 Å². The first-order valence-corrected chi connectivity index (χ1v) is 9.84. The van der Waals surface area contributed by atoms with Crippen molar-refractivity contribution < 1.29 is 14.3 Å². The average molecular weight is 391 g/mol. The minimum absolute atomic E-state index is 0.0338. The predicted molar refractivity (Wildman–Crippen MR) is 112 cm³/mol. The summed E-state index contributed by atoms with van der Waals surface area (Å²) in [5, 5.41) is 0. The number of rotatable bonds is 7. The van der Waals surface area contributed by atoms with Gasteiger partial charge in [-0.05, 0) is 49.1 Å². The molecule has 0 spiro atoms. The Morgan fingerprint density at radius 3 is 2.97 bits per heavy atom. The van der Waals surface area contributed by atoms with Crippen LogP contribution < -0.4 is 9.47 Å². The molecular weight excluding hydrogens is 366 g/mol. The number of carbonyl (C=O) groups is 1. The summed E-state index contributed by atoms with van der Waals surface area (Å²) in [5.74, 6) is 1.97. The third-order valence-corrected chi connectivity index (χ3v) is 5.26. The van der Waals surface area contributed by atoms with E-state index in [9.17, 15) is 4.79 Å². The molecule has 1 fully saturated rings. The van der Waals surface area contributed by atoms with Crippen LogP contribution in [0, 0.1) is 0 Å². The van der Waals surface area contributed by atoms with Gasteiger partial charge in [0.25, 0.3) is 5.91 Å². The maximum Gasteiger partial charge on any atom is 0.261 e. The molecule has 6 heteroatoms. The van der Waals surface area contributed by atoms with Crippen molar-refractivity contribution >= 4 is 16.9 Å². The number of nitrogens with one attached hydrogen (secondary N) is 1. The fourth-order valence-corrected chi connectivity index (χ4v) is 3.83.